The number of hydrogen-bond donors (Lipinski definition) is 13. The molecule has 0 spiro atoms. The monoisotopic (exact) mass is 864 g/mol. The fourth-order valence-electron chi connectivity index (χ4n) is 6.43. The maximum Gasteiger partial charge on any atom is 0.328 e. The first-order valence-electron chi connectivity index (χ1n) is 20.0. The van der Waals surface area contributed by atoms with E-state index in [-0.39, 0.29) is 31.6 Å². The van der Waals surface area contributed by atoms with Crippen LogP contribution in [-0.4, -0.2) is 136 Å². The van der Waals surface area contributed by atoms with Crippen molar-refractivity contribution in [3.8, 4) is 0 Å². The first kappa shape index (κ1) is 48.0. The zero-order chi connectivity index (χ0) is 45.7. The molecule has 0 bridgehead atoms. The van der Waals surface area contributed by atoms with E-state index in [9.17, 15) is 48.9 Å². The highest BCUT2D eigenvalue weighted by molar-refractivity contribution is 5.97. The summed E-state index contributed by atoms with van der Waals surface area (Å²) in [7, 11) is 0. The predicted octanol–water partition coefficient (Wildman–Crippen LogP) is -2.21. The van der Waals surface area contributed by atoms with Crippen molar-refractivity contribution in [3.05, 3.63) is 72.5 Å². The van der Waals surface area contributed by atoms with Crippen LogP contribution in [0.4, 0.5) is 0 Å². The molecule has 0 saturated heterocycles. The highest BCUT2D eigenvalue weighted by atomic mass is 16.4. The van der Waals surface area contributed by atoms with Crippen molar-refractivity contribution in [3.63, 3.8) is 0 Å². The molecule has 62 heavy (non-hydrogen) atoms. The number of aliphatic carboxylic acids is 1. The lowest BCUT2D eigenvalue weighted by molar-refractivity contribution is -0.145. The maximum atomic E-state index is 14.3. The molecule has 0 aliphatic heterocycles. The number of carbonyl (C=O) groups is 7. The number of nitrogens with two attached hydrogens (primary N) is 1. The number of H-pyrrole nitrogens is 3. The van der Waals surface area contributed by atoms with Gasteiger partial charge in [0.25, 0.3) is 0 Å². The van der Waals surface area contributed by atoms with Crippen LogP contribution >= 0.6 is 0 Å². The summed E-state index contributed by atoms with van der Waals surface area (Å²) in [6.45, 7) is 7.50. The second kappa shape index (κ2) is 22.3. The number of amides is 6. The van der Waals surface area contributed by atoms with Gasteiger partial charge in [0.2, 0.25) is 35.4 Å². The third-order valence-corrected chi connectivity index (χ3v) is 9.92. The van der Waals surface area contributed by atoms with Crippen LogP contribution in [0.5, 0.6) is 0 Å². The van der Waals surface area contributed by atoms with Crippen molar-refractivity contribution in [1.82, 2.24) is 56.8 Å². The van der Waals surface area contributed by atoms with E-state index >= 15 is 0 Å². The maximum absolute atomic E-state index is 14.3. The van der Waals surface area contributed by atoms with Crippen molar-refractivity contribution in [2.45, 2.75) is 115 Å². The zero-order valence-electron chi connectivity index (χ0n) is 35.0. The minimum absolute atomic E-state index is 0.0677. The van der Waals surface area contributed by atoms with Crippen LogP contribution in [-0.2, 0) is 52.8 Å². The standard InChI is InChI=1S/C40H56N12O10/c1-19(2)10-28(48-34(55)20(3)47-35(56)30(12-24-15-42-17-45-24)51-39(60)32(41)21(4)53)36(57)49-29(11-23-14-44-27-9-7-6-8-26(23)27)37(58)50-31(13-25-16-43-18-46-25)38(59)52-33(22(5)54)40(61)62/h6-9,14-22,28-33,44,53-54H,10-13,41H2,1-5H3,(H,42,45)(H,43,46)(H,47,56)(H,48,55)(H,49,57)(H,50,58)(H,51,60)(H,52,59)(H,61,62)/t20-,21+,22+,28-,29-,30-,31-,32-,33-/m0/s1. The highest BCUT2D eigenvalue weighted by Gasteiger charge is 2.35. The van der Waals surface area contributed by atoms with E-state index in [1.807, 2.05) is 32.0 Å². The minimum Gasteiger partial charge on any atom is -0.480 e. The van der Waals surface area contributed by atoms with E-state index in [1.165, 1.54) is 45.8 Å². The number of aromatic amines is 3. The Morgan fingerprint density at radius 2 is 1.13 bits per heavy atom. The number of carboxylic acids is 1. The van der Waals surface area contributed by atoms with Crippen LogP contribution < -0.4 is 37.6 Å². The molecule has 22 heteroatoms. The molecule has 4 aromatic rings. The zero-order valence-corrected chi connectivity index (χ0v) is 35.0. The molecule has 0 aliphatic rings. The Bertz CT molecular complexity index is 2140. The summed E-state index contributed by atoms with van der Waals surface area (Å²) < 4.78 is 0. The lowest BCUT2D eigenvalue weighted by atomic mass is 10.00. The smallest absolute Gasteiger partial charge is 0.328 e. The van der Waals surface area contributed by atoms with Gasteiger partial charge in [-0.05, 0) is 44.7 Å². The predicted molar refractivity (Wildman–Crippen MR) is 222 cm³/mol. The number of benzene rings is 1. The Morgan fingerprint density at radius 1 is 0.629 bits per heavy atom. The number of imidazole rings is 2. The summed E-state index contributed by atoms with van der Waals surface area (Å²) in [4.78, 5) is 110. The van der Waals surface area contributed by atoms with Crippen molar-refractivity contribution >= 4 is 52.3 Å². The van der Waals surface area contributed by atoms with E-state index in [4.69, 9.17) is 5.73 Å². The van der Waals surface area contributed by atoms with Crippen molar-refractivity contribution < 1.29 is 48.9 Å². The molecular weight excluding hydrogens is 809 g/mol. The van der Waals surface area contributed by atoms with Crippen LogP contribution in [0.3, 0.4) is 0 Å². The molecule has 0 aliphatic carbocycles. The van der Waals surface area contributed by atoms with Crippen LogP contribution in [0, 0.1) is 5.92 Å². The van der Waals surface area contributed by atoms with Gasteiger partial charge in [0.1, 0.15) is 36.3 Å². The number of para-hydroxylation sites is 1. The average molecular weight is 865 g/mol. The summed E-state index contributed by atoms with van der Waals surface area (Å²) in [6.07, 6.45) is 4.31. The van der Waals surface area contributed by atoms with Gasteiger partial charge in [0.05, 0.1) is 24.9 Å². The summed E-state index contributed by atoms with van der Waals surface area (Å²) >= 11 is 0. The Morgan fingerprint density at radius 3 is 1.65 bits per heavy atom. The summed E-state index contributed by atoms with van der Waals surface area (Å²) in [5, 5.41) is 45.5. The van der Waals surface area contributed by atoms with Crippen LogP contribution in [0.25, 0.3) is 10.9 Å². The molecule has 0 radical (unpaired) electrons. The molecule has 336 valence electrons. The number of carboxylic acid groups (broad SMARTS) is 1. The van der Waals surface area contributed by atoms with Gasteiger partial charge >= 0.3 is 5.97 Å². The summed E-state index contributed by atoms with van der Waals surface area (Å²) in [5.41, 5.74) is 8.04. The molecule has 0 unspecified atom stereocenters. The van der Waals surface area contributed by atoms with Crippen LogP contribution in [0.15, 0.2) is 55.5 Å². The molecule has 0 saturated carbocycles. The van der Waals surface area contributed by atoms with E-state index in [0.717, 1.165) is 10.9 Å². The lowest BCUT2D eigenvalue weighted by Crippen LogP contribution is -2.60. The number of nitrogens with one attached hydrogen (secondary N) is 9. The van der Waals surface area contributed by atoms with Gasteiger partial charge in [0.15, 0.2) is 6.04 Å². The molecule has 9 atom stereocenters. The number of aliphatic hydroxyl groups excluding tert-OH is 2. The number of hydrogen-bond acceptors (Lipinski definition) is 12. The number of nitrogens with zero attached hydrogens (tertiary/aromatic N) is 2. The van der Waals surface area contributed by atoms with E-state index in [1.54, 1.807) is 12.3 Å². The van der Waals surface area contributed by atoms with Gasteiger partial charge in [-0.25, -0.2) is 14.8 Å². The van der Waals surface area contributed by atoms with Gasteiger partial charge < -0.3 is 67.9 Å². The number of aliphatic hydroxyl groups is 2. The second-order valence-electron chi connectivity index (χ2n) is 15.6. The molecule has 0 fully saturated rings. The third kappa shape index (κ3) is 13.7. The number of rotatable bonds is 23. The van der Waals surface area contributed by atoms with Crippen molar-refractivity contribution in [1.29, 1.82) is 0 Å². The van der Waals surface area contributed by atoms with Gasteiger partial charge in [0, 0.05) is 60.1 Å². The SMILES string of the molecule is CC(C)C[C@H](NC(=O)[C@H](C)NC(=O)[C@H](Cc1cnc[nH]1)NC(=O)[C@@H](N)[C@@H](C)O)C(=O)N[C@@H](Cc1c[nH]c2ccccc12)C(=O)N[C@@H](Cc1cnc[nH]1)C(=O)N[C@H](C(=O)O)[C@@H](C)O. The Balaban J connectivity index is 1.57. The van der Waals surface area contributed by atoms with Gasteiger partial charge in [-0.15, -0.1) is 0 Å². The molecule has 3 aromatic heterocycles. The largest absolute Gasteiger partial charge is 0.480 e. The van der Waals surface area contributed by atoms with Crippen LogP contribution in [0.2, 0.25) is 0 Å². The molecular formula is C40H56N12O10. The summed E-state index contributed by atoms with van der Waals surface area (Å²) in [6, 6.07) is -2.31. The topological polar surface area (TPSA) is 352 Å². The molecule has 6 amide bonds. The fourth-order valence-corrected chi connectivity index (χ4v) is 6.43. The normalized spacial score (nSPS) is 15.8. The molecule has 1 aromatic carbocycles. The molecule has 3 heterocycles. The Labute approximate surface area is 356 Å². The fraction of sp³-hybridized carbons (Fsp3) is 0.475. The quantitative estimate of drug-likeness (QED) is 0.0377. The first-order valence-corrected chi connectivity index (χ1v) is 20.0. The third-order valence-electron chi connectivity index (χ3n) is 9.92. The lowest BCUT2D eigenvalue weighted by Gasteiger charge is -2.27. The van der Waals surface area contributed by atoms with E-state index in [2.05, 4.69) is 56.8 Å². The molecule has 14 N–H and O–H groups in total. The first-order chi connectivity index (χ1) is 29.3. The molecule has 4 rings (SSSR count). The number of fused-ring (bicyclic) bond motifs is 1. The second-order valence-corrected chi connectivity index (χ2v) is 15.6. The minimum atomic E-state index is -1.70. The molecule has 22 nitrogen and oxygen atoms in total. The van der Waals surface area contributed by atoms with Crippen molar-refractivity contribution in [2.75, 3.05) is 0 Å². The number of aromatic nitrogens is 5. The van der Waals surface area contributed by atoms with E-state index < -0.39 is 95.9 Å². The van der Waals surface area contributed by atoms with Gasteiger partial charge in [-0.1, -0.05) is 32.0 Å². The van der Waals surface area contributed by atoms with Crippen LogP contribution in [0.1, 0.15) is 58.0 Å². The van der Waals surface area contributed by atoms with Gasteiger partial charge in [-0.3, -0.25) is 28.8 Å². The van der Waals surface area contributed by atoms with Crippen molar-refractivity contribution in [2.24, 2.45) is 11.7 Å². The average Bonchev–Trinajstić information content (AvgIpc) is 4.01. The number of carbonyl (C=O) groups excluding carboxylic acids is 6. The Hall–Kier alpha value is -6.65. The highest BCUT2D eigenvalue weighted by Crippen LogP contribution is 2.20. The van der Waals surface area contributed by atoms with Gasteiger partial charge in [-0.2, -0.15) is 0 Å². The summed E-state index contributed by atoms with van der Waals surface area (Å²) in [5.74, 6) is -6.56. The van der Waals surface area contributed by atoms with E-state index in [0.29, 0.717) is 17.0 Å². The Kier molecular flexibility index (Phi) is 17.2.